The van der Waals surface area contributed by atoms with Crippen molar-refractivity contribution in [3.05, 3.63) is 76.2 Å². The Balaban J connectivity index is 1.91. The average molecular weight is 352 g/mol. The van der Waals surface area contributed by atoms with Crippen molar-refractivity contribution in [2.24, 2.45) is 0 Å². The highest BCUT2D eigenvalue weighted by Crippen LogP contribution is 2.22. The molecule has 134 valence electrons. The lowest BCUT2D eigenvalue weighted by Crippen LogP contribution is -2.30. The molecule has 0 bridgehead atoms. The summed E-state index contributed by atoms with van der Waals surface area (Å²) < 4.78 is 5.15. The topological polar surface area (TPSA) is 91.4 Å². The number of aliphatic hydroxyl groups excluding tert-OH is 1. The summed E-state index contributed by atoms with van der Waals surface area (Å²) in [7, 11) is 1.59. The van der Waals surface area contributed by atoms with Gasteiger partial charge in [-0.25, -0.2) is 0 Å². The van der Waals surface area contributed by atoms with Crippen molar-refractivity contribution >= 4 is 16.7 Å². The number of pyridine rings is 1. The van der Waals surface area contributed by atoms with Crippen molar-refractivity contribution < 1.29 is 14.6 Å². The molecule has 3 rings (SSSR count). The number of benzene rings is 2. The van der Waals surface area contributed by atoms with E-state index in [1.165, 1.54) is 6.20 Å². The summed E-state index contributed by atoms with van der Waals surface area (Å²) in [6, 6.07) is 13.9. The van der Waals surface area contributed by atoms with Crippen LogP contribution in [0.2, 0.25) is 0 Å². The molecule has 0 radical (unpaired) electrons. The van der Waals surface area contributed by atoms with E-state index in [-0.39, 0.29) is 24.1 Å². The number of methoxy groups -OCH3 is 1. The molecule has 1 amide bonds. The van der Waals surface area contributed by atoms with Crippen LogP contribution in [0, 0.1) is 0 Å². The summed E-state index contributed by atoms with van der Waals surface area (Å²) in [5.41, 5.74) is 1.01. The quantitative estimate of drug-likeness (QED) is 0.635. The van der Waals surface area contributed by atoms with E-state index >= 15 is 0 Å². The molecule has 3 aromatic rings. The van der Waals surface area contributed by atoms with E-state index in [4.69, 9.17) is 4.74 Å². The lowest BCUT2D eigenvalue weighted by Gasteiger charge is -2.19. The molecule has 1 atom stereocenters. The number of aromatic amines is 1. The first-order valence-corrected chi connectivity index (χ1v) is 8.30. The number of amides is 1. The van der Waals surface area contributed by atoms with Gasteiger partial charge in [0.25, 0.3) is 11.5 Å². The van der Waals surface area contributed by atoms with Crippen LogP contribution in [0.15, 0.2) is 59.5 Å². The largest absolute Gasteiger partial charge is 0.497 e. The maximum Gasteiger partial charge on any atom is 0.255 e. The standard InChI is InChI=1S/C20H20N2O4/c1-26-14-8-6-13(7-9-14)18(10-11-23)22-20(25)17-12-21-19(24)16-5-3-2-4-15(16)17/h2-9,12,18,23H,10-11H2,1H3,(H,21,24)(H,22,25)/t18-/m0/s1. The number of hydrogen-bond acceptors (Lipinski definition) is 4. The Bertz CT molecular complexity index is 963. The first-order valence-electron chi connectivity index (χ1n) is 8.30. The molecule has 6 nitrogen and oxygen atoms in total. The SMILES string of the molecule is COc1ccc([C@H](CCO)NC(=O)c2c[nH]c(=O)c3ccccc23)cc1. The van der Waals surface area contributed by atoms with Gasteiger partial charge in [0.05, 0.1) is 18.7 Å². The van der Waals surface area contributed by atoms with E-state index in [0.29, 0.717) is 22.8 Å². The number of ether oxygens (including phenoxy) is 1. The molecular weight excluding hydrogens is 332 g/mol. The van der Waals surface area contributed by atoms with Crippen molar-refractivity contribution in [1.29, 1.82) is 0 Å². The second-order valence-corrected chi connectivity index (χ2v) is 5.89. The third kappa shape index (κ3) is 3.60. The zero-order valence-corrected chi connectivity index (χ0v) is 14.4. The summed E-state index contributed by atoms with van der Waals surface area (Å²) in [6.07, 6.45) is 1.80. The number of fused-ring (bicyclic) bond motifs is 1. The van der Waals surface area contributed by atoms with E-state index in [1.54, 1.807) is 43.5 Å². The third-order valence-electron chi connectivity index (χ3n) is 4.30. The van der Waals surface area contributed by atoms with Gasteiger partial charge in [0.1, 0.15) is 5.75 Å². The highest BCUT2D eigenvalue weighted by molar-refractivity contribution is 6.06. The van der Waals surface area contributed by atoms with E-state index in [0.717, 1.165) is 11.3 Å². The Morgan fingerprint density at radius 3 is 2.50 bits per heavy atom. The lowest BCUT2D eigenvalue weighted by molar-refractivity contribution is 0.0931. The Morgan fingerprint density at radius 2 is 1.85 bits per heavy atom. The van der Waals surface area contributed by atoms with Crippen LogP contribution in [0.25, 0.3) is 10.8 Å². The Kier molecular flexibility index (Phi) is 5.34. The fourth-order valence-corrected chi connectivity index (χ4v) is 2.92. The molecular formula is C20H20N2O4. The number of nitrogens with one attached hydrogen (secondary N) is 2. The highest BCUT2D eigenvalue weighted by atomic mass is 16.5. The van der Waals surface area contributed by atoms with E-state index in [9.17, 15) is 14.7 Å². The average Bonchev–Trinajstić information content (AvgIpc) is 2.68. The van der Waals surface area contributed by atoms with Crippen LogP contribution in [-0.2, 0) is 0 Å². The summed E-state index contributed by atoms with van der Waals surface area (Å²) in [4.78, 5) is 27.3. The zero-order valence-electron chi connectivity index (χ0n) is 14.4. The zero-order chi connectivity index (χ0) is 18.5. The molecule has 26 heavy (non-hydrogen) atoms. The molecule has 0 spiro atoms. The summed E-state index contributed by atoms with van der Waals surface area (Å²) in [5, 5.41) is 13.4. The minimum atomic E-state index is -0.357. The Hall–Kier alpha value is -3.12. The highest BCUT2D eigenvalue weighted by Gasteiger charge is 2.18. The molecule has 0 aliphatic carbocycles. The lowest BCUT2D eigenvalue weighted by atomic mass is 10.0. The molecule has 0 aliphatic rings. The van der Waals surface area contributed by atoms with Crippen LogP contribution in [0.3, 0.4) is 0 Å². The first-order chi connectivity index (χ1) is 12.6. The van der Waals surface area contributed by atoms with Gasteiger partial charge < -0.3 is 20.1 Å². The minimum absolute atomic E-state index is 0.0661. The maximum absolute atomic E-state index is 12.8. The predicted octanol–water partition coefficient (Wildman–Crippen LogP) is 2.39. The molecule has 1 heterocycles. The first kappa shape index (κ1) is 17.7. The van der Waals surface area contributed by atoms with Gasteiger partial charge in [-0.3, -0.25) is 9.59 Å². The summed E-state index contributed by atoms with van der Waals surface area (Å²) >= 11 is 0. The van der Waals surface area contributed by atoms with Crippen LogP contribution in [0.4, 0.5) is 0 Å². The predicted molar refractivity (Wildman–Crippen MR) is 99.5 cm³/mol. The maximum atomic E-state index is 12.8. The van der Waals surface area contributed by atoms with Gasteiger partial charge in [0.2, 0.25) is 0 Å². The smallest absolute Gasteiger partial charge is 0.255 e. The number of aromatic nitrogens is 1. The normalized spacial score (nSPS) is 11.9. The Morgan fingerprint density at radius 1 is 1.15 bits per heavy atom. The molecule has 0 fully saturated rings. The van der Waals surface area contributed by atoms with Gasteiger partial charge in [-0.2, -0.15) is 0 Å². The second-order valence-electron chi connectivity index (χ2n) is 5.89. The molecule has 0 unspecified atom stereocenters. The number of rotatable bonds is 6. The van der Waals surface area contributed by atoms with Crippen LogP contribution in [0.1, 0.15) is 28.4 Å². The van der Waals surface area contributed by atoms with Gasteiger partial charge in [0, 0.05) is 23.6 Å². The Labute approximate surface area is 150 Å². The van der Waals surface area contributed by atoms with Crippen LogP contribution in [-0.4, -0.2) is 29.7 Å². The molecule has 2 aromatic carbocycles. The molecule has 6 heteroatoms. The number of H-pyrrole nitrogens is 1. The number of hydrogen-bond donors (Lipinski definition) is 3. The second kappa shape index (κ2) is 7.84. The van der Waals surface area contributed by atoms with Crippen LogP contribution >= 0.6 is 0 Å². The van der Waals surface area contributed by atoms with E-state index in [2.05, 4.69) is 10.3 Å². The molecule has 0 saturated carbocycles. The number of aliphatic hydroxyl groups is 1. The van der Waals surface area contributed by atoms with Gasteiger partial charge in [0.15, 0.2) is 0 Å². The van der Waals surface area contributed by atoms with Gasteiger partial charge >= 0.3 is 0 Å². The summed E-state index contributed by atoms with van der Waals surface area (Å²) in [6.45, 7) is -0.0661. The summed E-state index contributed by atoms with van der Waals surface area (Å²) in [5.74, 6) is 0.404. The van der Waals surface area contributed by atoms with Gasteiger partial charge in [-0.15, -0.1) is 0 Å². The van der Waals surface area contributed by atoms with Gasteiger partial charge in [-0.05, 0) is 30.2 Å². The van der Waals surface area contributed by atoms with Crippen LogP contribution in [0.5, 0.6) is 5.75 Å². The fraction of sp³-hybridized carbons (Fsp3) is 0.200. The van der Waals surface area contributed by atoms with E-state index < -0.39 is 0 Å². The van der Waals surface area contributed by atoms with Crippen molar-refractivity contribution in [3.63, 3.8) is 0 Å². The van der Waals surface area contributed by atoms with Gasteiger partial charge in [-0.1, -0.05) is 30.3 Å². The third-order valence-corrected chi connectivity index (χ3v) is 4.30. The molecule has 0 aliphatic heterocycles. The van der Waals surface area contributed by atoms with Crippen molar-refractivity contribution in [3.8, 4) is 5.75 Å². The van der Waals surface area contributed by atoms with Crippen molar-refractivity contribution in [2.75, 3.05) is 13.7 Å². The van der Waals surface area contributed by atoms with Crippen LogP contribution < -0.4 is 15.6 Å². The molecule has 3 N–H and O–H groups in total. The van der Waals surface area contributed by atoms with Crippen molar-refractivity contribution in [2.45, 2.75) is 12.5 Å². The monoisotopic (exact) mass is 352 g/mol. The van der Waals surface area contributed by atoms with E-state index in [1.807, 2.05) is 12.1 Å². The fourth-order valence-electron chi connectivity index (χ4n) is 2.92. The minimum Gasteiger partial charge on any atom is -0.497 e. The molecule has 0 saturated heterocycles. The molecule has 1 aromatic heterocycles. The number of carbonyl (C=O) groups is 1. The number of carbonyl (C=O) groups excluding carboxylic acids is 1. The van der Waals surface area contributed by atoms with Crippen molar-refractivity contribution in [1.82, 2.24) is 10.3 Å².